The number of fused-ring (bicyclic) bond motifs is 1. The number of quaternary nitrogens is 1. The summed E-state index contributed by atoms with van der Waals surface area (Å²) in [6.07, 6.45) is 1.51. The van der Waals surface area contributed by atoms with Crippen molar-refractivity contribution in [2.24, 2.45) is 11.8 Å². The van der Waals surface area contributed by atoms with Gasteiger partial charge < -0.3 is 14.5 Å². The maximum absolute atomic E-state index is 12.4. The van der Waals surface area contributed by atoms with Crippen molar-refractivity contribution in [2.45, 2.75) is 18.5 Å². The third-order valence-corrected chi connectivity index (χ3v) is 4.63. The van der Waals surface area contributed by atoms with Crippen molar-refractivity contribution in [2.75, 3.05) is 14.2 Å². The molecule has 2 saturated heterocycles. The maximum Gasteiger partial charge on any atom is 0.368 e. The number of hydrogen-bond donors (Lipinski definition) is 1. The molecule has 2 amide bonds. The standard InChI is InChI=1S/C14H16N2O5/c1-14(13(19)20-3)9-8(11(17)16(2)12(9)18)10(15-14)7-5-4-6-21-7/h4-6,8-10,15H,1-3H3/p+1/t8-,9+,10-,14+/m0/s1. The highest BCUT2D eigenvalue weighted by molar-refractivity contribution is 6.08. The molecule has 2 fully saturated rings. The Balaban J connectivity index is 2.10. The summed E-state index contributed by atoms with van der Waals surface area (Å²) in [5.41, 5.74) is -1.13. The second-order valence-corrected chi connectivity index (χ2v) is 5.72. The highest BCUT2D eigenvalue weighted by Crippen LogP contribution is 2.43. The number of methoxy groups -OCH3 is 1. The summed E-state index contributed by atoms with van der Waals surface area (Å²) in [5, 5.41) is 1.72. The van der Waals surface area contributed by atoms with Crippen LogP contribution in [0.5, 0.6) is 0 Å². The monoisotopic (exact) mass is 293 g/mol. The van der Waals surface area contributed by atoms with E-state index in [2.05, 4.69) is 0 Å². The first-order valence-electron chi connectivity index (χ1n) is 6.71. The number of rotatable bonds is 2. The first-order valence-corrected chi connectivity index (χ1v) is 6.71. The van der Waals surface area contributed by atoms with Crippen molar-refractivity contribution in [3.05, 3.63) is 24.2 Å². The molecule has 2 aliphatic heterocycles. The molecule has 0 spiro atoms. The van der Waals surface area contributed by atoms with Gasteiger partial charge in [0.1, 0.15) is 11.8 Å². The first kappa shape index (κ1) is 13.8. The van der Waals surface area contributed by atoms with E-state index in [4.69, 9.17) is 9.15 Å². The van der Waals surface area contributed by atoms with Crippen LogP contribution >= 0.6 is 0 Å². The number of likely N-dealkylation sites (tertiary alicyclic amines) is 1. The molecule has 0 unspecified atom stereocenters. The number of nitrogens with zero attached hydrogens (tertiary/aromatic N) is 1. The van der Waals surface area contributed by atoms with Gasteiger partial charge in [-0.25, -0.2) is 4.79 Å². The number of furan rings is 1. The lowest BCUT2D eigenvalue weighted by Crippen LogP contribution is -2.97. The fourth-order valence-corrected chi connectivity index (χ4v) is 3.56. The van der Waals surface area contributed by atoms with Gasteiger partial charge in [0.2, 0.25) is 17.4 Å². The first-order chi connectivity index (χ1) is 9.91. The number of imide groups is 1. The van der Waals surface area contributed by atoms with Crippen LogP contribution in [0.25, 0.3) is 0 Å². The van der Waals surface area contributed by atoms with Crippen LogP contribution in [0.1, 0.15) is 18.7 Å². The van der Waals surface area contributed by atoms with Crippen LogP contribution in [0.4, 0.5) is 0 Å². The van der Waals surface area contributed by atoms with Gasteiger partial charge in [-0.3, -0.25) is 14.5 Å². The topological polar surface area (TPSA) is 93.4 Å². The average molecular weight is 293 g/mol. The SMILES string of the molecule is COC(=O)[C@]1(C)[NH2+][C@@H](c2ccco2)[C@H]2C(=O)N(C)C(=O)[C@@H]21. The Morgan fingerprint density at radius 3 is 2.71 bits per heavy atom. The average Bonchev–Trinajstić information content (AvgIpc) is 3.14. The summed E-state index contributed by atoms with van der Waals surface area (Å²) in [7, 11) is 2.72. The van der Waals surface area contributed by atoms with Crippen LogP contribution in [0.15, 0.2) is 22.8 Å². The largest absolute Gasteiger partial charge is 0.464 e. The second-order valence-electron chi connectivity index (χ2n) is 5.72. The van der Waals surface area contributed by atoms with Gasteiger partial charge in [0.25, 0.3) is 0 Å². The molecule has 0 saturated carbocycles. The van der Waals surface area contributed by atoms with E-state index in [1.54, 1.807) is 24.4 Å². The number of carbonyl (C=O) groups excluding carboxylic acids is 3. The Bertz CT molecular complexity index is 611. The van der Waals surface area contributed by atoms with Crippen molar-refractivity contribution in [3.8, 4) is 0 Å². The van der Waals surface area contributed by atoms with E-state index in [-0.39, 0.29) is 11.8 Å². The fourth-order valence-electron chi connectivity index (χ4n) is 3.56. The molecule has 21 heavy (non-hydrogen) atoms. The van der Waals surface area contributed by atoms with Crippen LogP contribution in [0.2, 0.25) is 0 Å². The molecule has 0 aromatic carbocycles. The third-order valence-electron chi connectivity index (χ3n) is 4.63. The fraction of sp³-hybridized carbons (Fsp3) is 0.500. The van der Waals surface area contributed by atoms with Gasteiger partial charge in [-0.1, -0.05) is 0 Å². The molecular formula is C14H17N2O5+. The van der Waals surface area contributed by atoms with Gasteiger partial charge in [0.15, 0.2) is 11.8 Å². The van der Waals surface area contributed by atoms with Gasteiger partial charge >= 0.3 is 5.97 Å². The molecule has 1 aromatic rings. The molecule has 7 nitrogen and oxygen atoms in total. The minimum absolute atomic E-state index is 0.282. The predicted molar refractivity (Wildman–Crippen MR) is 68.6 cm³/mol. The van der Waals surface area contributed by atoms with Gasteiger partial charge in [-0.05, 0) is 12.1 Å². The predicted octanol–water partition coefficient (Wildman–Crippen LogP) is -0.940. The molecule has 2 N–H and O–H groups in total. The number of hydrogen-bond acceptors (Lipinski definition) is 5. The molecule has 0 bridgehead atoms. The molecule has 2 aliphatic rings. The van der Waals surface area contributed by atoms with E-state index in [9.17, 15) is 14.4 Å². The van der Waals surface area contributed by atoms with Crippen molar-refractivity contribution in [1.29, 1.82) is 0 Å². The lowest BCUT2D eigenvalue weighted by atomic mass is 9.81. The summed E-state index contributed by atoms with van der Waals surface area (Å²) < 4.78 is 10.2. The summed E-state index contributed by atoms with van der Waals surface area (Å²) in [5.74, 6) is -1.91. The van der Waals surface area contributed by atoms with Gasteiger partial charge in [0.05, 0.1) is 13.4 Å². The maximum atomic E-state index is 12.4. The van der Waals surface area contributed by atoms with E-state index < -0.39 is 29.4 Å². The van der Waals surface area contributed by atoms with Crippen molar-refractivity contribution in [1.82, 2.24) is 4.90 Å². The summed E-state index contributed by atoms with van der Waals surface area (Å²) in [6.45, 7) is 1.64. The Hall–Kier alpha value is -2.15. The highest BCUT2D eigenvalue weighted by atomic mass is 16.5. The van der Waals surface area contributed by atoms with Crippen LogP contribution in [0, 0.1) is 11.8 Å². The highest BCUT2D eigenvalue weighted by Gasteiger charge is 2.70. The molecule has 7 heteroatoms. The quantitative estimate of drug-likeness (QED) is 0.561. The molecule has 3 heterocycles. The summed E-state index contributed by atoms with van der Waals surface area (Å²) in [6, 6.07) is 3.06. The van der Waals surface area contributed by atoms with Gasteiger partial charge in [-0.2, -0.15) is 0 Å². The summed E-state index contributed by atoms with van der Waals surface area (Å²) >= 11 is 0. The molecule has 1 aromatic heterocycles. The Morgan fingerprint density at radius 2 is 2.14 bits per heavy atom. The van der Waals surface area contributed by atoms with E-state index >= 15 is 0 Å². The second kappa shape index (κ2) is 4.42. The molecule has 4 atom stereocenters. The number of carbonyl (C=O) groups is 3. The number of amides is 2. The minimum atomic E-state index is -1.13. The minimum Gasteiger partial charge on any atom is -0.464 e. The molecule has 0 radical (unpaired) electrons. The Kier molecular flexibility index (Phi) is 2.91. The van der Waals surface area contributed by atoms with Crippen LogP contribution in [-0.2, 0) is 19.1 Å². The van der Waals surface area contributed by atoms with Crippen molar-refractivity contribution < 1.29 is 28.9 Å². The smallest absolute Gasteiger partial charge is 0.368 e. The van der Waals surface area contributed by atoms with Crippen molar-refractivity contribution in [3.63, 3.8) is 0 Å². The Morgan fingerprint density at radius 1 is 1.43 bits per heavy atom. The zero-order valence-electron chi connectivity index (χ0n) is 12.0. The van der Waals surface area contributed by atoms with Crippen LogP contribution in [0.3, 0.4) is 0 Å². The van der Waals surface area contributed by atoms with Gasteiger partial charge in [-0.15, -0.1) is 0 Å². The third kappa shape index (κ3) is 1.67. The zero-order valence-corrected chi connectivity index (χ0v) is 12.0. The van der Waals surface area contributed by atoms with Crippen LogP contribution < -0.4 is 5.32 Å². The Labute approximate surface area is 121 Å². The van der Waals surface area contributed by atoms with Crippen molar-refractivity contribution >= 4 is 17.8 Å². The molecule has 0 aliphatic carbocycles. The lowest BCUT2D eigenvalue weighted by molar-refractivity contribution is -0.732. The number of ether oxygens (including phenoxy) is 1. The number of nitrogens with two attached hydrogens (primary N) is 1. The van der Waals surface area contributed by atoms with Gasteiger partial charge in [0, 0.05) is 14.0 Å². The molecule has 3 rings (SSSR count). The zero-order chi connectivity index (χ0) is 15.4. The summed E-state index contributed by atoms with van der Waals surface area (Å²) in [4.78, 5) is 38.1. The van der Waals surface area contributed by atoms with E-state index in [0.29, 0.717) is 5.76 Å². The normalized spacial score (nSPS) is 35.2. The van der Waals surface area contributed by atoms with E-state index in [0.717, 1.165) is 4.90 Å². The van der Waals surface area contributed by atoms with E-state index in [1.807, 2.05) is 0 Å². The van der Waals surface area contributed by atoms with E-state index in [1.165, 1.54) is 20.4 Å². The van der Waals surface area contributed by atoms with Crippen LogP contribution in [-0.4, -0.2) is 42.4 Å². The number of esters is 1. The lowest BCUT2D eigenvalue weighted by Gasteiger charge is -2.24. The molecular weight excluding hydrogens is 276 g/mol. The molecule has 112 valence electrons.